The highest BCUT2D eigenvalue weighted by Crippen LogP contribution is 2.23. The lowest BCUT2D eigenvalue weighted by molar-refractivity contribution is -0.148. The summed E-state index contributed by atoms with van der Waals surface area (Å²) in [4.78, 5) is 24.2. The van der Waals surface area contributed by atoms with Crippen molar-refractivity contribution in [2.75, 3.05) is 6.61 Å². The van der Waals surface area contributed by atoms with Gasteiger partial charge in [-0.2, -0.15) is 0 Å². The number of hydrogen-bond acceptors (Lipinski definition) is 3. The number of carbonyl (C=O) groups excluding carboxylic acids is 2. The number of rotatable bonds is 4. The first-order valence-corrected chi connectivity index (χ1v) is 8.10. The maximum absolute atomic E-state index is 13.1. The summed E-state index contributed by atoms with van der Waals surface area (Å²) in [5.41, 5.74) is 1.36. The van der Waals surface area contributed by atoms with Crippen LogP contribution in [0.3, 0.4) is 0 Å². The molecule has 3 rings (SSSR count). The fraction of sp³-hybridized carbons (Fsp3) is 0.222. The van der Waals surface area contributed by atoms with Gasteiger partial charge in [-0.15, -0.1) is 0 Å². The zero-order chi connectivity index (χ0) is 17.8. The Bertz CT molecular complexity index is 785. The number of amides is 2. The minimum absolute atomic E-state index is 0.132. The molecular weight excluding hydrogens is 347 g/mol. The molecule has 2 aromatic carbocycles. The van der Waals surface area contributed by atoms with E-state index in [0.29, 0.717) is 5.56 Å². The molecule has 5 nitrogen and oxygen atoms in total. The third-order valence-electron chi connectivity index (χ3n) is 3.90. The van der Waals surface area contributed by atoms with Crippen LogP contribution in [-0.4, -0.2) is 24.5 Å². The van der Waals surface area contributed by atoms with Crippen molar-refractivity contribution in [3.8, 4) is 0 Å². The third kappa shape index (κ3) is 4.15. The summed E-state index contributed by atoms with van der Waals surface area (Å²) in [7, 11) is 0. The lowest BCUT2D eigenvalue weighted by atomic mass is 9.99. The molecule has 0 radical (unpaired) electrons. The van der Waals surface area contributed by atoms with Crippen LogP contribution in [0.25, 0.3) is 0 Å². The highest BCUT2D eigenvalue weighted by atomic mass is 35.5. The van der Waals surface area contributed by atoms with Crippen molar-refractivity contribution in [1.29, 1.82) is 0 Å². The van der Waals surface area contributed by atoms with E-state index in [1.807, 2.05) is 30.3 Å². The summed E-state index contributed by atoms with van der Waals surface area (Å²) in [5, 5.41) is 5.74. The molecule has 7 heteroatoms. The second-order valence-electron chi connectivity index (χ2n) is 5.64. The Balaban J connectivity index is 1.71. The number of nitrogens with one attached hydrogen (secondary N) is 2. The van der Waals surface area contributed by atoms with Crippen molar-refractivity contribution >= 4 is 23.4 Å². The Morgan fingerprint density at radius 2 is 2.04 bits per heavy atom. The van der Waals surface area contributed by atoms with Crippen LogP contribution in [0.15, 0.2) is 48.5 Å². The van der Waals surface area contributed by atoms with Crippen LogP contribution in [0.5, 0.6) is 0 Å². The molecule has 0 spiro atoms. The molecule has 0 unspecified atom stereocenters. The van der Waals surface area contributed by atoms with Gasteiger partial charge in [0.25, 0.3) is 5.91 Å². The minimum Gasteiger partial charge on any atom is -0.356 e. The number of carbonyl (C=O) groups is 2. The summed E-state index contributed by atoms with van der Waals surface area (Å²) < 4.78 is 18.5. The lowest BCUT2D eigenvalue weighted by Crippen LogP contribution is -2.52. The van der Waals surface area contributed by atoms with Gasteiger partial charge in [0.1, 0.15) is 12.4 Å². The van der Waals surface area contributed by atoms with Gasteiger partial charge < -0.3 is 15.4 Å². The van der Waals surface area contributed by atoms with Gasteiger partial charge in [-0.1, -0.05) is 48.0 Å². The molecule has 2 amide bonds. The molecule has 130 valence electrons. The maximum atomic E-state index is 13.1. The predicted octanol–water partition coefficient (Wildman–Crippen LogP) is 2.35. The van der Waals surface area contributed by atoms with E-state index in [2.05, 4.69) is 10.6 Å². The maximum Gasteiger partial charge on any atom is 0.251 e. The van der Waals surface area contributed by atoms with Crippen molar-refractivity contribution in [2.24, 2.45) is 0 Å². The average molecular weight is 363 g/mol. The molecule has 0 saturated carbocycles. The Hall–Kier alpha value is -2.44. The van der Waals surface area contributed by atoms with E-state index in [1.54, 1.807) is 0 Å². The zero-order valence-electron chi connectivity index (χ0n) is 13.2. The number of hydrogen-bond donors (Lipinski definition) is 2. The van der Waals surface area contributed by atoms with E-state index in [-0.39, 0.29) is 30.0 Å². The van der Waals surface area contributed by atoms with Gasteiger partial charge in [0.15, 0.2) is 6.10 Å². The van der Waals surface area contributed by atoms with E-state index in [4.69, 9.17) is 16.3 Å². The Labute approximate surface area is 149 Å². The van der Waals surface area contributed by atoms with E-state index < -0.39 is 18.0 Å². The number of benzene rings is 2. The van der Waals surface area contributed by atoms with Crippen LogP contribution < -0.4 is 10.6 Å². The summed E-state index contributed by atoms with van der Waals surface area (Å²) in [5.74, 6) is -1.10. The molecule has 1 saturated heterocycles. The van der Waals surface area contributed by atoms with Gasteiger partial charge in [0.05, 0.1) is 6.04 Å². The molecule has 2 atom stereocenters. The van der Waals surface area contributed by atoms with Crippen LogP contribution in [-0.2, 0) is 20.9 Å². The van der Waals surface area contributed by atoms with Crippen LogP contribution in [0.2, 0.25) is 5.02 Å². The number of morpholine rings is 1. The highest BCUT2D eigenvalue weighted by molar-refractivity contribution is 6.31. The van der Waals surface area contributed by atoms with Crippen molar-refractivity contribution in [1.82, 2.24) is 10.6 Å². The molecule has 1 heterocycles. The van der Waals surface area contributed by atoms with Crippen molar-refractivity contribution in [2.45, 2.75) is 18.7 Å². The molecule has 0 aliphatic carbocycles. The topological polar surface area (TPSA) is 67.4 Å². The minimum atomic E-state index is -0.862. The smallest absolute Gasteiger partial charge is 0.251 e. The Morgan fingerprint density at radius 3 is 2.76 bits per heavy atom. The number of halogens is 2. The van der Waals surface area contributed by atoms with Crippen molar-refractivity contribution < 1.29 is 18.7 Å². The fourth-order valence-corrected chi connectivity index (χ4v) is 2.88. The molecule has 1 aliphatic rings. The molecule has 2 aromatic rings. The van der Waals surface area contributed by atoms with Gasteiger partial charge in [-0.05, 0) is 23.3 Å². The molecule has 1 aliphatic heterocycles. The summed E-state index contributed by atoms with van der Waals surface area (Å²) in [6.45, 7) is -0.0496. The van der Waals surface area contributed by atoms with E-state index in [9.17, 15) is 14.0 Å². The molecule has 1 fully saturated rings. The quantitative estimate of drug-likeness (QED) is 0.877. The van der Waals surface area contributed by atoms with Crippen LogP contribution in [0.1, 0.15) is 17.2 Å². The van der Waals surface area contributed by atoms with Gasteiger partial charge >= 0.3 is 0 Å². The molecular formula is C18H16ClFN2O3. The van der Waals surface area contributed by atoms with Gasteiger partial charge in [-0.25, -0.2) is 4.39 Å². The molecule has 0 aromatic heterocycles. The summed E-state index contributed by atoms with van der Waals surface area (Å²) >= 11 is 5.96. The summed E-state index contributed by atoms with van der Waals surface area (Å²) in [6.07, 6.45) is -0.862. The Morgan fingerprint density at radius 1 is 1.28 bits per heavy atom. The first-order valence-electron chi connectivity index (χ1n) is 7.72. The first kappa shape index (κ1) is 17.4. The molecule has 25 heavy (non-hydrogen) atoms. The SMILES string of the molecule is O=C1CO[C@@H](C(=O)NCc2ccc(F)cc2Cl)[C@H](c2ccccc2)N1. The van der Waals surface area contributed by atoms with Gasteiger partial charge in [0.2, 0.25) is 5.91 Å². The van der Waals surface area contributed by atoms with Crippen LogP contribution >= 0.6 is 11.6 Å². The van der Waals surface area contributed by atoms with Crippen LogP contribution in [0.4, 0.5) is 4.39 Å². The van der Waals surface area contributed by atoms with E-state index >= 15 is 0 Å². The molecule has 0 bridgehead atoms. The fourth-order valence-electron chi connectivity index (χ4n) is 2.65. The second kappa shape index (κ2) is 7.63. The highest BCUT2D eigenvalue weighted by Gasteiger charge is 2.35. The van der Waals surface area contributed by atoms with Crippen molar-refractivity contribution in [3.05, 3.63) is 70.5 Å². The average Bonchev–Trinajstić information content (AvgIpc) is 2.61. The van der Waals surface area contributed by atoms with E-state index in [0.717, 1.165) is 5.56 Å². The largest absolute Gasteiger partial charge is 0.356 e. The number of ether oxygens (including phenoxy) is 1. The van der Waals surface area contributed by atoms with E-state index in [1.165, 1.54) is 18.2 Å². The zero-order valence-corrected chi connectivity index (χ0v) is 13.9. The summed E-state index contributed by atoms with van der Waals surface area (Å²) in [6, 6.07) is 12.5. The van der Waals surface area contributed by atoms with Crippen molar-refractivity contribution in [3.63, 3.8) is 0 Å². The normalized spacial score (nSPS) is 20.0. The van der Waals surface area contributed by atoms with Gasteiger partial charge in [-0.3, -0.25) is 9.59 Å². The molecule has 2 N–H and O–H groups in total. The van der Waals surface area contributed by atoms with Crippen LogP contribution in [0, 0.1) is 5.82 Å². The predicted molar refractivity (Wildman–Crippen MR) is 90.3 cm³/mol. The Kier molecular flexibility index (Phi) is 5.31. The second-order valence-corrected chi connectivity index (χ2v) is 6.05. The lowest BCUT2D eigenvalue weighted by Gasteiger charge is -2.31. The standard InChI is InChI=1S/C18H16ClFN2O3/c19-14-8-13(20)7-6-12(14)9-21-18(24)17-16(22-15(23)10-25-17)11-4-2-1-3-5-11/h1-8,16-17H,9-10H2,(H,21,24)(H,22,23)/t16-,17+/m0/s1. The monoisotopic (exact) mass is 362 g/mol. The van der Waals surface area contributed by atoms with Gasteiger partial charge in [0, 0.05) is 11.6 Å². The third-order valence-corrected chi connectivity index (χ3v) is 4.25. The first-order chi connectivity index (χ1) is 12.0.